The molecule has 1 heterocycles. The van der Waals surface area contributed by atoms with E-state index >= 15 is 0 Å². The Morgan fingerprint density at radius 1 is 1.20 bits per heavy atom. The molecule has 0 aliphatic rings. The van der Waals surface area contributed by atoms with E-state index in [-0.39, 0.29) is 11.6 Å². The van der Waals surface area contributed by atoms with E-state index in [9.17, 15) is 4.79 Å². The lowest BCUT2D eigenvalue weighted by Gasteiger charge is -2.05. The van der Waals surface area contributed by atoms with E-state index in [0.717, 1.165) is 11.4 Å². The van der Waals surface area contributed by atoms with E-state index in [1.807, 2.05) is 45.9 Å². The summed E-state index contributed by atoms with van der Waals surface area (Å²) >= 11 is 0. The van der Waals surface area contributed by atoms with Gasteiger partial charge in [0.05, 0.1) is 11.3 Å². The van der Waals surface area contributed by atoms with Gasteiger partial charge in [0.25, 0.3) is 5.56 Å². The number of nitrogens with one attached hydrogen (secondary N) is 1. The predicted molar refractivity (Wildman–Crippen MR) is 83.3 cm³/mol. The molecule has 0 aliphatic heterocycles. The first-order valence-corrected chi connectivity index (χ1v) is 6.82. The molecule has 0 spiro atoms. The number of H-pyrrole nitrogens is 1. The minimum absolute atomic E-state index is 0.0600. The van der Waals surface area contributed by atoms with Crippen LogP contribution in [0.2, 0.25) is 0 Å². The maximum Gasteiger partial charge on any atom is 0.280 e. The zero-order valence-corrected chi connectivity index (χ0v) is 12.7. The topological polar surface area (TPSA) is 50.1 Å². The molecule has 1 N–H and O–H groups in total. The predicted octanol–water partition coefficient (Wildman–Crippen LogP) is 2.92. The Hall–Kier alpha value is -2.10. The van der Waals surface area contributed by atoms with Crippen molar-refractivity contribution in [3.8, 4) is 5.69 Å². The molecule has 0 radical (unpaired) electrons. The third-order valence-corrected chi connectivity index (χ3v) is 3.37. The summed E-state index contributed by atoms with van der Waals surface area (Å²) in [5, 5.41) is 3.11. The van der Waals surface area contributed by atoms with Gasteiger partial charge in [0.2, 0.25) is 0 Å². The highest BCUT2D eigenvalue weighted by Gasteiger charge is 2.11. The normalized spacial score (nSPS) is 11.7. The van der Waals surface area contributed by atoms with Crippen molar-refractivity contribution in [3.05, 3.63) is 50.9 Å². The molecule has 1 aromatic carbocycles. The second-order valence-corrected chi connectivity index (χ2v) is 5.43. The van der Waals surface area contributed by atoms with Crippen LogP contribution in [0.5, 0.6) is 0 Å². The van der Waals surface area contributed by atoms with Crippen molar-refractivity contribution in [2.24, 2.45) is 4.99 Å². The van der Waals surface area contributed by atoms with Gasteiger partial charge in [-0.15, -0.1) is 0 Å². The number of nitrogens with zero attached hydrogens (tertiary/aromatic N) is 2. The van der Waals surface area contributed by atoms with Gasteiger partial charge >= 0.3 is 0 Å². The van der Waals surface area contributed by atoms with Crippen LogP contribution in [-0.4, -0.2) is 22.0 Å². The van der Waals surface area contributed by atoms with E-state index in [2.05, 4.69) is 17.0 Å². The molecular weight excluding hydrogens is 250 g/mol. The van der Waals surface area contributed by atoms with E-state index in [1.54, 1.807) is 10.9 Å². The first kappa shape index (κ1) is 14.3. The Labute approximate surface area is 119 Å². The van der Waals surface area contributed by atoms with Crippen LogP contribution < -0.4 is 5.56 Å². The quantitative estimate of drug-likeness (QED) is 0.857. The Kier molecular flexibility index (Phi) is 3.93. The molecule has 2 rings (SSSR count). The zero-order valence-electron chi connectivity index (χ0n) is 12.7. The third-order valence-electron chi connectivity index (χ3n) is 3.37. The van der Waals surface area contributed by atoms with Crippen LogP contribution in [0, 0.1) is 20.8 Å². The average Bonchev–Trinajstić information content (AvgIpc) is 2.66. The fourth-order valence-corrected chi connectivity index (χ4v) is 1.98. The summed E-state index contributed by atoms with van der Waals surface area (Å²) in [6, 6.07) is 6.16. The average molecular weight is 271 g/mol. The third kappa shape index (κ3) is 2.74. The second kappa shape index (κ2) is 5.49. The summed E-state index contributed by atoms with van der Waals surface area (Å²) in [5.74, 6) is 0. The largest absolute Gasteiger partial charge is 0.295 e. The number of benzene rings is 1. The highest BCUT2D eigenvalue weighted by molar-refractivity contribution is 5.80. The smallest absolute Gasteiger partial charge is 0.280 e. The lowest BCUT2D eigenvalue weighted by Crippen LogP contribution is -2.17. The zero-order chi connectivity index (χ0) is 14.9. The molecule has 0 amide bonds. The Balaban J connectivity index is 2.51. The SMILES string of the molecule is Cc1ccc(-n2[nH]c(C)c(C=NC(C)C)c2=O)cc1C. The number of hydrogen-bond donors (Lipinski definition) is 1. The Morgan fingerprint density at radius 3 is 2.50 bits per heavy atom. The summed E-state index contributed by atoms with van der Waals surface area (Å²) < 4.78 is 1.57. The van der Waals surface area contributed by atoms with Crippen LogP contribution in [0.4, 0.5) is 0 Å². The minimum Gasteiger partial charge on any atom is -0.295 e. The number of aryl methyl sites for hydroxylation is 3. The van der Waals surface area contributed by atoms with Gasteiger partial charge in [-0.1, -0.05) is 6.07 Å². The van der Waals surface area contributed by atoms with Gasteiger partial charge in [0.1, 0.15) is 0 Å². The van der Waals surface area contributed by atoms with E-state index in [4.69, 9.17) is 0 Å². The van der Waals surface area contributed by atoms with Crippen molar-refractivity contribution in [1.29, 1.82) is 0 Å². The van der Waals surface area contributed by atoms with Crippen molar-refractivity contribution >= 4 is 6.21 Å². The molecule has 0 atom stereocenters. The van der Waals surface area contributed by atoms with E-state index in [0.29, 0.717) is 5.56 Å². The summed E-state index contributed by atoms with van der Waals surface area (Å²) in [4.78, 5) is 16.7. The molecule has 0 aliphatic carbocycles. The van der Waals surface area contributed by atoms with Crippen molar-refractivity contribution in [1.82, 2.24) is 9.78 Å². The van der Waals surface area contributed by atoms with Gasteiger partial charge in [-0.05, 0) is 57.9 Å². The van der Waals surface area contributed by atoms with Crippen molar-refractivity contribution in [2.45, 2.75) is 40.7 Å². The highest BCUT2D eigenvalue weighted by Crippen LogP contribution is 2.12. The van der Waals surface area contributed by atoms with Crippen LogP contribution in [0.3, 0.4) is 0 Å². The summed E-state index contributed by atoms with van der Waals surface area (Å²) in [6.07, 6.45) is 1.66. The molecule has 4 nitrogen and oxygen atoms in total. The van der Waals surface area contributed by atoms with Crippen molar-refractivity contribution in [2.75, 3.05) is 0 Å². The van der Waals surface area contributed by atoms with Gasteiger partial charge in [-0.2, -0.15) is 0 Å². The molecule has 4 heteroatoms. The van der Waals surface area contributed by atoms with Crippen LogP contribution in [0.25, 0.3) is 5.69 Å². The van der Waals surface area contributed by atoms with Gasteiger partial charge in [0, 0.05) is 18.0 Å². The van der Waals surface area contributed by atoms with Crippen LogP contribution >= 0.6 is 0 Å². The molecule has 2 aromatic rings. The summed E-state index contributed by atoms with van der Waals surface area (Å²) in [6.45, 7) is 9.96. The molecule has 0 saturated heterocycles. The number of aromatic nitrogens is 2. The lowest BCUT2D eigenvalue weighted by molar-refractivity contribution is 0.833. The van der Waals surface area contributed by atoms with Gasteiger partial charge < -0.3 is 0 Å². The number of aromatic amines is 1. The van der Waals surface area contributed by atoms with Gasteiger partial charge in [-0.3, -0.25) is 14.9 Å². The lowest BCUT2D eigenvalue weighted by atomic mass is 10.1. The highest BCUT2D eigenvalue weighted by atomic mass is 16.1. The fraction of sp³-hybridized carbons (Fsp3) is 0.375. The van der Waals surface area contributed by atoms with Crippen LogP contribution in [-0.2, 0) is 0 Å². The molecule has 1 aromatic heterocycles. The monoisotopic (exact) mass is 271 g/mol. The summed E-state index contributed by atoms with van der Waals surface area (Å²) in [5.41, 5.74) is 4.63. The molecule has 0 unspecified atom stereocenters. The van der Waals surface area contributed by atoms with Crippen LogP contribution in [0.1, 0.15) is 36.2 Å². The maximum atomic E-state index is 12.4. The van der Waals surface area contributed by atoms with Gasteiger partial charge in [-0.25, -0.2) is 4.68 Å². The minimum atomic E-state index is -0.0600. The van der Waals surface area contributed by atoms with E-state index in [1.165, 1.54) is 11.1 Å². The molecule has 0 saturated carbocycles. The molecular formula is C16H21N3O. The van der Waals surface area contributed by atoms with Crippen molar-refractivity contribution < 1.29 is 0 Å². The maximum absolute atomic E-state index is 12.4. The summed E-state index contributed by atoms with van der Waals surface area (Å²) in [7, 11) is 0. The van der Waals surface area contributed by atoms with E-state index < -0.39 is 0 Å². The fourth-order valence-electron chi connectivity index (χ4n) is 1.98. The van der Waals surface area contributed by atoms with Gasteiger partial charge in [0.15, 0.2) is 0 Å². The Morgan fingerprint density at radius 2 is 1.90 bits per heavy atom. The second-order valence-electron chi connectivity index (χ2n) is 5.43. The molecule has 0 bridgehead atoms. The van der Waals surface area contributed by atoms with Crippen molar-refractivity contribution in [3.63, 3.8) is 0 Å². The Bertz CT molecular complexity index is 705. The number of hydrogen-bond acceptors (Lipinski definition) is 2. The first-order chi connectivity index (χ1) is 9.40. The number of aliphatic imine (C=N–C) groups is 1. The standard InChI is InChI=1S/C16H21N3O/c1-10(2)17-9-15-13(5)18-19(16(15)20)14-7-6-11(3)12(4)8-14/h6-10,18H,1-5H3. The first-order valence-electron chi connectivity index (χ1n) is 6.82. The molecule has 106 valence electrons. The molecule has 20 heavy (non-hydrogen) atoms. The van der Waals surface area contributed by atoms with Crippen LogP contribution in [0.15, 0.2) is 28.0 Å². The number of rotatable bonds is 3. The molecule has 0 fully saturated rings.